The highest BCUT2D eigenvalue weighted by Gasteiger charge is 2.13. The Morgan fingerprint density at radius 2 is 1.88 bits per heavy atom. The lowest BCUT2D eigenvalue weighted by Crippen LogP contribution is -2.07. The van der Waals surface area contributed by atoms with Gasteiger partial charge in [0.1, 0.15) is 0 Å². The van der Waals surface area contributed by atoms with E-state index in [1.54, 1.807) is 9.36 Å². The minimum absolute atomic E-state index is 0.406. The standard InChI is InChI=1S/C17H23N7S/c1-10(2)22-12(4)8-15(14(22)6)9-18-24-16(19-20-17(24)25)23-13(5)7-11(3)21-23/h7-10H,1-6H3,(H,20,25)/b18-9-. The van der Waals surface area contributed by atoms with Gasteiger partial charge in [0.15, 0.2) is 0 Å². The van der Waals surface area contributed by atoms with E-state index in [-0.39, 0.29) is 0 Å². The van der Waals surface area contributed by atoms with Gasteiger partial charge in [-0.05, 0) is 65.9 Å². The number of aryl methyl sites for hydroxylation is 3. The molecule has 0 aromatic carbocycles. The molecule has 7 nitrogen and oxygen atoms in total. The molecular formula is C17H23N7S. The maximum Gasteiger partial charge on any atom is 0.271 e. The first kappa shape index (κ1) is 17.3. The predicted molar refractivity (Wildman–Crippen MR) is 101 cm³/mol. The lowest BCUT2D eigenvalue weighted by atomic mass is 10.2. The quantitative estimate of drug-likeness (QED) is 0.573. The molecule has 0 aliphatic heterocycles. The molecular weight excluding hydrogens is 334 g/mol. The van der Waals surface area contributed by atoms with Gasteiger partial charge in [-0.1, -0.05) is 0 Å². The first-order valence-corrected chi connectivity index (χ1v) is 8.64. The lowest BCUT2D eigenvalue weighted by Gasteiger charge is -2.13. The third kappa shape index (κ3) is 3.09. The second-order valence-corrected chi connectivity index (χ2v) is 6.90. The number of aromatic nitrogens is 6. The van der Waals surface area contributed by atoms with Gasteiger partial charge in [0.2, 0.25) is 4.77 Å². The lowest BCUT2D eigenvalue weighted by molar-refractivity contribution is 0.574. The highest BCUT2D eigenvalue weighted by Crippen LogP contribution is 2.19. The fourth-order valence-corrected chi connectivity index (χ4v) is 3.38. The first-order chi connectivity index (χ1) is 11.8. The Labute approximate surface area is 152 Å². The number of hydrogen-bond donors (Lipinski definition) is 1. The molecule has 3 aromatic rings. The Balaban J connectivity index is 2.04. The van der Waals surface area contributed by atoms with Crippen molar-refractivity contribution in [1.29, 1.82) is 0 Å². The van der Waals surface area contributed by atoms with Crippen LogP contribution in [0.15, 0.2) is 17.2 Å². The topological polar surface area (TPSA) is 68.7 Å². The molecule has 0 spiro atoms. The van der Waals surface area contributed by atoms with Crippen molar-refractivity contribution in [2.45, 2.75) is 47.6 Å². The predicted octanol–water partition coefficient (Wildman–Crippen LogP) is 3.62. The molecule has 0 radical (unpaired) electrons. The number of H-pyrrole nitrogens is 1. The summed E-state index contributed by atoms with van der Waals surface area (Å²) in [6.07, 6.45) is 1.82. The fourth-order valence-electron chi connectivity index (χ4n) is 3.20. The third-order valence-corrected chi connectivity index (χ3v) is 4.45. The van der Waals surface area contributed by atoms with Crippen molar-refractivity contribution >= 4 is 18.4 Å². The maximum absolute atomic E-state index is 5.33. The van der Waals surface area contributed by atoms with E-state index in [1.807, 2.05) is 26.1 Å². The molecule has 0 aliphatic rings. The van der Waals surface area contributed by atoms with E-state index in [9.17, 15) is 0 Å². The summed E-state index contributed by atoms with van der Waals surface area (Å²) in [6, 6.07) is 4.52. The minimum atomic E-state index is 0.406. The van der Waals surface area contributed by atoms with E-state index in [0.29, 0.717) is 16.8 Å². The smallest absolute Gasteiger partial charge is 0.271 e. The van der Waals surface area contributed by atoms with E-state index < -0.39 is 0 Å². The van der Waals surface area contributed by atoms with Gasteiger partial charge in [0, 0.05) is 28.7 Å². The fraction of sp³-hybridized carbons (Fsp3) is 0.412. The average molecular weight is 357 g/mol. The van der Waals surface area contributed by atoms with Crippen LogP contribution in [0, 0.1) is 32.5 Å². The van der Waals surface area contributed by atoms with E-state index >= 15 is 0 Å². The number of nitrogens with zero attached hydrogens (tertiary/aromatic N) is 6. The highest BCUT2D eigenvalue weighted by atomic mass is 32.1. The molecule has 8 heteroatoms. The molecule has 25 heavy (non-hydrogen) atoms. The Kier molecular flexibility index (Phi) is 4.47. The molecule has 0 aliphatic carbocycles. The summed E-state index contributed by atoms with van der Waals surface area (Å²) in [7, 11) is 0. The van der Waals surface area contributed by atoms with Crippen LogP contribution in [0.5, 0.6) is 0 Å². The molecule has 0 atom stereocenters. The zero-order valence-corrected chi connectivity index (χ0v) is 16.2. The Hall–Kier alpha value is -2.48. The van der Waals surface area contributed by atoms with Gasteiger partial charge in [-0.2, -0.15) is 14.9 Å². The van der Waals surface area contributed by atoms with Crippen LogP contribution in [0.4, 0.5) is 0 Å². The van der Waals surface area contributed by atoms with Crippen LogP contribution in [0.25, 0.3) is 5.95 Å². The molecule has 0 unspecified atom stereocenters. The summed E-state index contributed by atoms with van der Waals surface area (Å²) in [4.78, 5) is 0. The Morgan fingerprint density at radius 1 is 1.16 bits per heavy atom. The van der Waals surface area contributed by atoms with Crippen LogP contribution in [0.2, 0.25) is 0 Å². The van der Waals surface area contributed by atoms with Gasteiger partial charge in [0.25, 0.3) is 5.95 Å². The van der Waals surface area contributed by atoms with E-state index in [2.05, 4.69) is 58.7 Å². The van der Waals surface area contributed by atoms with Crippen LogP contribution in [0.3, 0.4) is 0 Å². The molecule has 0 amide bonds. The monoisotopic (exact) mass is 357 g/mol. The van der Waals surface area contributed by atoms with Crippen molar-refractivity contribution in [2.24, 2.45) is 5.10 Å². The van der Waals surface area contributed by atoms with Crippen molar-refractivity contribution in [3.63, 3.8) is 0 Å². The number of rotatable bonds is 4. The third-order valence-electron chi connectivity index (χ3n) is 4.18. The largest absolute Gasteiger partial charge is 0.346 e. The van der Waals surface area contributed by atoms with Crippen molar-refractivity contribution in [1.82, 2.24) is 29.2 Å². The highest BCUT2D eigenvalue weighted by molar-refractivity contribution is 7.71. The van der Waals surface area contributed by atoms with Gasteiger partial charge < -0.3 is 4.57 Å². The maximum atomic E-state index is 5.33. The molecule has 0 fully saturated rings. The van der Waals surface area contributed by atoms with Crippen molar-refractivity contribution < 1.29 is 0 Å². The number of hydrogen-bond acceptors (Lipinski definition) is 4. The summed E-state index contributed by atoms with van der Waals surface area (Å²) in [5, 5.41) is 16.1. The zero-order chi connectivity index (χ0) is 18.3. The first-order valence-electron chi connectivity index (χ1n) is 8.23. The van der Waals surface area contributed by atoms with E-state index in [0.717, 1.165) is 17.0 Å². The van der Waals surface area contributed by atoms with Crippen LogP contribution in [0.1, 0.15) is 48.2 Å². The zero-order valence-electron chi connectivity index (χ0n) is 15.4. The molecule has 3 aromatic heterocycles. The summed E-state index contributed by atoms with van der Waals surface area (Å²) < 4.78 is 6.04. The van der Waals surface area contributed by atoms with Crippen molar-refractivity contribution in [3.05, 3.63) is 45.2 Å². The normalized spacial score (nSPS) is 12.0. The van der Waals surface area contributed by atoms with Gasteiger partial charge in [0.05, 0.1) is 11.9 Å². The van der Waals surface area contributed by atoms with Gasteiger partial charge in [-0.15, -0.1) is 5.10 Å². The summed E-state index contributed by atoms with van der Waals surface area (Å²) >= 11 is 5.33. The molecule has 0 saturated carbocycles. The SMILES string of the molecule is Cc1cc(C)n(-c2n[nH]c(=S)n2/N=C\c2cc(C)n(C(C)C)c2C)n1. The molecule has 132 valence electrons. The van der Waals surface area contributed by atoms with Crippen LogP contribution < -0.4 is 0 Å². The molecule has 3 rings (SSSR count). The summed E-state index contributed by atoms with van der Waals surface area (Å²) in [5.41, 5.74) is 5.35. The minimum Gasteiger partial charge on any atom is -0.346 e. The van der Waals surface area contributed by atoms with Crippen molar-refractivity contribution in [2.75, 3.05) is 0 Å². The second-order valence-electron chi connectivity index (χ2n) is 6.51. The van der Waals surface area contributed by atoms with Crippen molar-refractivity contribution in [3.8, 4) is 5.95 Å². The van der Waals surface area contributed by atoms with E-state index in [4.69, 9.17) is 12.2 Å². The average Bonchev–Trinajstić information content (AvgIpc) is 3.13. The molecule has 0 bridgehead atoms. The van der Waals surface area contributed by atoms with Crippen LogP contribution >= 0.6 is 12.2 Å². The summed E-state index contributed by atoms with van der Waals surface area (Å²) in [6.45, 7) is 12.5. The van der Waals surface area contributed by atoms with E-state index in [1.165, 1.54) is 11.4 Å². The van der Waals surface area contributed by atoms with Gasteiger partial charge in [-0.25, -0.2) is 9.78 Å². The number of aromatic amines is 1. The van der Waals surface area contributed by atoms with Crippen LogP contribution in [-0.2, 0) is 0 Å². The Morgan fingerprint density at radius 3 is 2.44 bits per heavy atom. The van der Waals surface area contributed by atoms with Gasteiger partial charge in [-0.3, -0.25) is 0 Å². The second kappa shape index (κ2) is 6.44. The summed E-state index contributed by atoms with van der Waals surface area (Å²) in [5.74, 6) is 0.546. The molecule has 1 N–H and O–H groups in total. The number of nitrogens with one attached hydrogen (secondary N) is 1. The molecule has 3 heterocycles. The molecule has 0 saturated heterocycles. The Bertz CT molecular complexity index is 997. The van der Waals surface area contributed by atoms with Gasteiger partial charge >= 0.3 is 0 Å². The van der Waals surface area contributed by atoms with Crippen LogP contribution in [-0.4, -0.2) is 35.4 Å².